The second-order valence-electron chi connectivity index (χ2n) is 11.0. The molecule has 0 aliphatic rings. The Morgan fingerprint density at radius 2 is 1.56 bits per heavy atom. The molecule has 1 heterocycles. The van der Waals surface area contributed by atoms with E-state index >= 15 is 0 Å². The number of carboxylic acids is 1. The third-order valence-corrected chi connectivity index (χ3v) is 6.98. The number of aliphatic carboxylic acids is 1. The average Bonchev–Trinajstić information content (AvgIpc) is 3.19. The van der Waals surface area contributed by atoms with Crippen molar-refractivity contribution in [3.63, 3.8) is 0 Å². The third kappa shape index (κ3) is 6.91. The van der Waals surface area contributed by atoms with Crippen molar-refractivity contribution in [2.45, 2.75) is 71.9 Å². The molecule has 0 saturated carbocycles. The van der Waals surface area contributed by atoms with Gasteiger partial charge in [0.1, 0.15) is 11.6 Å². The van der Waals surface area contributed by atoms with Gasteiger partial charge in [0.15, 0.2) is 0 Å². The molecule has 0 spiro atoms. The van der Waals surface area contributed by atoms with Gasteiger partial charge in [0.2, 0.25) is 0 Å². The van der Waals surface area contributed by atoms with E-state index in [1.165, 1.54) is 17.7 Å². The first-order valence-electron chi connectivity index (χ1n) is 13.4. The van der Waals surface area contributed by atoms with Crippen molar-refractivity contribution < 1.29 is 14.3 Å². The second-order valence-corrected chi connectivity index (χ2v) is 11.0. The van der Waals surface area contributed by atoms with Gasteiger partial charge in [0.05, 0.1) is 13.0 Å². The number of carbonyl (C=O) groups is 1. The molecule has 4 aromatic rings. The van der Waals surface area contributed by atoms with E-state index in [9.17, 15) is 14.0 Å². The van der Waals surface area contributed by atoms with E-state index in [-0.39, 0.29) is 23.3 Å². The summed E-state index contributed by atoms with van der Waals surface area (Å²) >= 11 is 0. The summed E-state index contributed by atoms with van der Waals surface area (Å²) in [6, 6.07) is 20.4. The van der Waals surface area contributed by atoms with Crippen molar-refractivity contribution in [3.05, 3.63) is 111 Å². The van der Waals surface area contributed by atoms with Gasteiger partial charge >= 0.3 is 11.7 Å². The number of benzene rings is 3. The first kappa shape index (κ1) is 28.0. The Kier molecular flexibility index (Phi) is 8.48. The molecule has 0 aliphatic heterocycles. The summed E-state index contributed by atoms with van der Waals surface area (Å²) < 4.78 is 17.7. The molecule has 3 aromatic carbocycles. The fraction of sp³-hybridized carbons (Fsp3) is 0.344. The molecular weight excluding hydrogens is 493 g/mol. The molecule has 0 unspecified atom stereocenters. The lowest BCUT2D eigenvalue weighted by molar-refractivity contribution is -0.136. The second kappa shape index (κ2) is 11.8. The Bertz CT molecular complexity index is 1490. The van der Waals surface area contributed by atoms with Gasteiger partial charge in [-0.05, 0) is 65.1 Å². The average molecular weight is 530 g/mol. The summed E-state index contributed by atoms with van der Waals surface area (Å²) in [6.07, 6.45) is 2.14. The van der Waals surface area contributed by atoms with E-state index in [1.807, 2.05) is 31.2 Å². The zero-order chi connectivity index (χ0) is 28.2. The van der Waals surface area contributed by atoms with Crippen LogP contribution < -0.4 is 5.69 Å². The van der Waals surface area contributed by atoms with Gasteiger partial charge in [-0.3, -0.25) is 9.36 Å². The minimum atomic E-state index is -0.948. The first-order chi connectivity index (χ1) is 18.5. The number of hydrogen-bond acceptors (Lipinski definition) is 3. The first-order valence-corrected chi connectivity index (χ1v) is 13.4. The fourth-order valence-electron chi connectivity index (χ4n) is 4.75. The van der Waals surface area contributed by atoms with Gasteiger partial charge in [-0.15, -0.1) is 0 Å². The zero-order valence-corrected chi connectivity index (χ0v) is 23.1. The molecule has 1 N–H and O–H groups in total. The molecule has 204 valence electrons. The Morgan fingerprint density at radius 3 is 2.18 bits per heavy atom. The van der Waals surface area contributed by atoms with Crippen LogP contribution in [-0.2, 0) is 42.6 Å². The molecule has 0 atom stereocenters. The van der Waals surface area contributed by atoms with E-state index in [2.05, 4.69) is 50.1 Å². The SMILES string of the molecule is CCn1c(CCCc2ccc(-c3cc(CC(=O)O)ccc3F)cc2)nn(Cc2ccc(C(C)(C)C)cc2)c1=O. The lowest BCUT2D eigenvalue weighted by atomic mass is 9.87. The van der Waals surface area contributed by atoms with Gasteiger partial charge < -0.3 is 5.11 Å². The highest BCUT2D eigenvalue weighted by Crippen LogP contribution is 2.25. The van der Waals surface area contributed by atoms with E-state index in [0.29, 0.717) is 36.2 Å². The lowest BCUT2D eigenvalue weighted by Gasteiger charge is -2.19. The number of aromatic nitrogens is 3. The summed E-state index contributed by atoms with van der Waals surface area (Å²) in [5.41, 5.74) is 5.05. The maximum absolute atomic E-state index is 14.4. The molecule has 0 aliphatic carbocycles. The number of halogens is 1. The molecule has 0 radical (unpaired) electrons. The highest BCUT2D eigenvalue weighted by Gasteiger charge is 2.15. The Hall–Kier alpha value is -4.00. The molecule has 0 saturated heterocycles. The highest BCUT2D eigenvalue weighted by atomic mass is 19.1. The molecule has 39 heavy (non-hydrogen) atoms. The monoisotopic (exact) mass is 529 g/mol. The molecule has 7 heteroatoms. The summed E-state index contributed by atoms with van der Waals surface area (Å²) in [6.45, 7) is 9.50. The van der Waals surface area contributed by atoms with Gasteiger partial charge in [0.25, 0.3) is 0 Å². The van der Waals surface area contributed by atoms with Crippen LogP contribution in [-0.4, -0.2) is 25.4 Å². The van der Waals surface area contributed by atoms with Crippen LogP contribution >= 0.6 is 0 Å². The standard InChI is InChI=1S/C32H36FN3O3/c1-5-35-29(34-36(31(35)39)21-23-11-16-26(17-12-23)32(2,3)4)8-6-7-22-9-14-25(15-10-22)27-19-24(20-30(37)38)13-18-28(27)33/h9-19H,5-8,20-21H2,1-4H3,(H,37,38). The van der Waals surface area contributed by atoms with E-state index in [1.54, 1.807) is 15.3 Å². The van der Waals surface area contributed by atoms with E-state index in [4.69, 9.17) is 5.11 Å². The summed E-state index contributed by atoms with van der Waals surface area (Å²) in [7, 11) is 0. The number of carboxylic acid groups (broad SMARTS) is 1. The van der Waals surface area contributed by atoms with Gasteiger partial charge in [-0.2, -0.15) is 5.10 Å². The van der Waals surface area contributed by atoms with Crippen LogP contribution in [0.3, 0.4) is 0 Å². The highest BCUT2D eigenvalue weighted by molar-refractivity contribution is 5.72. The van der Waals surface area contributed by atoms with Crippen LogP contribution in [0.5, 0.6) is 0 Å². The molecular formula is C32H36FN3O3. The quantitative estimate of drug-likeness (QED) is 0.273. The van der Waals surface area contributed by atoms with Crippen molar-refractivity contribution >= 4 is 5.97 Å². The summed E-state index contributed by atoms with van der Waals surface area (Å²) in [5, 5.41) is 13.7. The van der Waals surface area contributed by atoms with Gasteiger partial charge in [0, 0.05) is 18.5 Å². The fourth-order valence-corrected chi connectivity index (χ4v) is 4.75. The molecule has 0 bridgehead atoms. The lowest BCUT2D eigenvalue weighted by Crippen LogP contribution is -2.25. The van der Waals surface area contributed by atoms with Crippen molar-refractivity contribution in [3.8, 4) is 11.1 Å². The predicted octanol–water partition coefficient (Wildman–Crippen LogP) is 6.02. The van der Waals surface area contributed by atoms with Crippen LogP contribution in [0.15, 0.2) is 71.5 Å². The Labute approximate surface area is 228 Å². The van der Waals surface area contributed by atoms with Crippen LogP contribution in [0.2, 0.25) is 0 Å². The van der Waals surface area contributed by atoms with Gasteiger partial charge in [-0.1, -0.05) is 75.4 Å². The maximum atomic E-state index is 14.4. The molecule has 4 rings (SSSR count). The van der Waals surface area contributed by atoms with Crippen LogP contribution in [0.25, 0.3) is 11.1 Å². The molecule has 0 fully saturated rings. The Morgan fingerprint density at radius 1 is 0.923 bits per heavy atom. The zero-order valence-electron chi connectivity index (χ0n) is 23.1. The van der Waals surface area contributed by atoms with Crippen molar-refractivity contribution in [1.82, 2.24) is 14.3 Å². The van der Waals surface area contributed by atoms with Crippen molar-refractivity contribution in [1.29, 1.82) is 0 Å². The smallest absolute Gasteiger partial charge is 0.346 e. The van der Waals surface area contributed by atoms with Crippen molar-refractivity contribution in [2.75, 3.05) is 0 Å². The molecule has 0 amide bonds. The number of nitrogens with zero attached hydrogens (tertiary/aromatic N) is 3. The molecule has 6 nitrogen and oxygen atoms in total. The number of aryl methyl sites for hydroxylation is 2. The molecule has 1 aromatic heterocycles. The summed E-state index contributed by atoms with van der Waals surface area (Å²) in [5.74, 6) is -0.547. The van der Waals surface area contributed by atoms with E-state index in [0.717, 1.165) is 29.8 Å². The number of hydrogen-bond donors (Lipinski definition) is 1. The normalized spacial score (nSPS) is 11.6. The topological polar surface area (TPSA) is 77.1 Å². The number of rotatable bonds is 10. The largest absolute Gasteiger partial charge is 0.481 e. The minimum Gasteiger partial charge on any atom is -0.481 e. The Balaban J connectivity index is 1.40. The van der Waals surface area contributed by atoms with Crippen molar-refractivity contribution in [2.24, 2.45) is 0 Å². The van der Waals surface area contributed by atoms with Crippen LogP contribution in [0.1, 0.15) is 62.2 Å². The minimum absolute atomic E-state index is 0.0792. The maximum Gasteiger partial charge on any atom is 0.346 e. The van der Waals surface area contributed by atoms with Crippen LogP contribution in [0.4, 0.5) is 4.39 Å². The van der Waals surface area contributed by atoms with Gasteiger partial charge in [-0.25, -0.2) is 13.9 Å². The third-order valence-electron chi connectivity index (χ3n) is 6.98. The predicted molar refractivity (Wildman–Crippen MR) is 152 cm³/mol. The van der Waals surface area contributed by atoms with Crippen LogP contribution in [0, 0.1) is 5.82 Å². The van der Waals surface area contributed by atoms with E-state index < -0.39 is 5.97 Å². The summed E-state index contributed by atoms with van der Waals surface area (Å²) in [4.78, 5) is 24.0.